The van der Waals surface area contributed by atoms with E-state index in [0.717, 1.165) is 31.9 Å². The number of carbonyl (C=O) groups is 2. The van der Waals surface area contributed by atoms with E-state index >= 15 is 0 Å². The van der Waals surface area contributed by atoms with Gasteiger partial charge in [-0.05, 0) is 49.9 Å². The molecule has 3 rings (SSSR count). The Morgan fingerprint density at radius 3 is 2.52 bits per heavy atom. The molecule has 0 aliphatic heterocycles. The molecule has 2 aromatic rings. The number of thiazole rings is 1. The minimum Gasteiger partial charge on any atom is -0.466 e. The third kappa shape index (κ3) is 6.51. The number of ether oxygens (including phenoxy) is 1. The summed E-state index contributed by atoms with van der Waals surface area (Å²) in [5.74, 6) is 0.0375. The smallest absolute Gasteiger partial charge is 0.328 e. The first-order valence-electron chi connectivity index (χ1n) is 10.2. The quantitative estimate of drug-likeness (QED) is 0.593. The molecule has 0 spiro atoms. The molecule has 1 saturated carbocycles. The zero-order valence-corrected chi connectivity index (χ0v) is 19.3. The van der Waals surface area contributed by atoms with Crippen molar-refractivity contribution >= 4 is 44.0 Å². The lowest BCUT2D eigenvalue weighted by Crippen LogP contribution is -2.38. The van der Waals surface area contributed by atoms with Crippen molar-refractivity contribution in [3.63, 3.8) is 0 Å². The summed E-state index contributed by atoms with van der Waals surface area (Å²) in [6.45, 7) is 2.60. The van der Waals surface area contributed by atoms with E-state index in [2.05, 4.69) is 10.3 Å². The van der Waals surface area contributed by atoms with Gasteiger partial charge in [-0.1, -0.05) is 12.8 Å². The van der Waals surface area contributed by atoms with Gasteiger partial charge in [0.05, 0.1) is 23.6 Å². The highest BCUT2D eigenvalue weighted by atomic mass is 32.2. The van der Waals surface area contributed by atoms with Gasteiger partial charge in [-0.2, -0.15) is 0 Å². The van der Waals surface area contributed by atoms with E-state index in [0.29, 0.717) is 35.6 Å². The molecule has 0 unspecified atom stereocenters. The first-order valence-corrected chi connectivity index (χ1v) is 13.0. The maximum atomic E-state index is 13.1. The minimum absolute atomic E-state index is 0.0545. The summed E-state index contributed by atoms with van der Waals surface area (Å²) in [6.07, 6.45) is 5.63. The molecule has 1 N–H and O–H groups in total. The predicted molar refractivity (Wildman–Crippen MR) is 120 cm³/mol. The maximum absolute atomic E-state index is 13.1. The molecule has 1 aliphatic rings. The van der Waals surface area contributed by atoms with Gasteiger partial charge in [0.15, 0.2) is 15.0 Å². The molecule has 1 aliphatic carbocycles. The van der Waals surface area contributed by atoms with Crippen molar-refractivity contribution in [1.29, 1.82) is 0 Å². The molecule has 8 nitrogen and oxygen atoms in total. The molecule has 168 valence electrons. The Morgan fingerprint density at radius 2 is 1.90 bits per heavy atom. The average molecular weight is 466 g/mol. The summed E-state index contributed by atoms with van der Waals surface area (Å²) >= 11 is 1.24. The highest BCUT2D eigenvalue weighted by molar-refractivity contribution is 7.90. The van der Waals surface area contributed by atoms with Crippen molar-refractivity contribution < 1.29 is 22.7 Å². The lowest BCUT2D eigenvalue weighted by atomic mass is 10.1. The Kier molecular flexibility index (Phi) is 7.66. The number of nitrogens with one attached hydrogen (secondary N) is 1. The summed E-state index contributed by atoms with van der Waals surface area (Å²) in [4.78, 5) is 30.9. The molecule has 1 aromatic heterocycles. The Balaban J connectivity index is 1.75. The first kappa shape index (κ1) is 23.2. The third-order valence-electron chi connectivity index (χ3n) is 5.13. The molecule has 0 bridgehead atoms. The van der Waals surface area contributed by atoms with Crippen molar-refractivity contribution in [3.05, 3.63) is 35.3 Å². The second-order valence-electron chi connectivity index (χ2n) is 7.58. The van der Waals surface area contributed by atoms with Crippen LogP contribution in [0, 0.1) is 5.92 Å². The van der Waals surface area contributed by atoms with Crippen LogP contribution in [0.15, 0.2) is 34.5 Å². The zero-order chi connectivity index (χ0) is 22.4. The van der Waals surface area contributed by atoms with Crippen molar-refractivity contribution in [1.82, 2.24) is 4.98 Å². The van der Waals surface area contributed by atoms with Crippen LogP contribution >= 0.6 is 11.3 Å². The van der Waals surface area contributed by atoms with Gasteiger partial charge >= 0.3 is 12.0 Å². The normalized spacial score (nSPS) is 14.4. The zero-order valence-electron chi connectivity index (χ0n) is 17.7. The fourth-order valence-electron chi connectivity index (χ4n) is 3.59. The fraction of sp³-hybridized carbons (Fsp3) is 0.476. The Bertz CT molecular complexity index is 1010. The topological polar surface area (TPSA) is 106 Å². The van der Waals surface area contributed by atoms with E-state index in [4.69, 9.17) is 4.74 Å². The highest BCUT2D eigenvalue weighted by Gasteiger charge is 2.24. The van der Waals surface area contributed by atoms with Crippen LogP contribution in [0.5, 0.6) is 0 Å². The number of rotatable bonds is 8. The molecule has 31 heavy (non-hydrogen) atoms. The number of hydrogen-bond acceptors (Lipinski definition) is 7. The van der Waals surface area contributed by atoms with Crippen LogP contribution in [-0.2, 0) is 25.8 Å². The Labute approximate surface area is 186 Å². The summed E-state index contributed by atoms with van der Waals surface area (Å²) < 4.78 is 28.4. The molecule has 1 fully saturated rings. The van der Waals surface area contributed by atoms with E-state index < -0.39 is 9.84 Å². The van der Waals surface area contributed by atoms with Crippen LogP contribution in [0.25, 0.3) is 0 Å². The number of urea groups is 1. The monoisotopic (exact) mass is 465 g/mol. The van der Waals surface area contributed by atoms with E-state index in [1.165, 1.54) is 23.5 Å². The summed E-state index contributed by atoms with van der Waals surface area (Å²) in [5.41, 5.74) is 1.17. The predicted octanol–water partition coefficient (Wildman–Crippen LogP) is 3.88. The second kappa shape index (κ2) is 10.2. The minimum atomic E-state index is -3.31. The van der Waals surface area contributed by atoms with E-state index in [1.54, 1.807) is 29.3 Å². The van der Waals surface area contributed by atoms with Gasteiger partial charge in [0.1, 0.15) is 0 Å². The van der Waals surface area contributed by atoms with Crippen LogP contribution < -0.4 is 10.2 Å². The number of esters is 1. The van der Waals surface area contributed by atoms with E-state index in [9.17, 15) is 18.0 Å². The molecule has 0 saturated heterocycles. The SMILES string of the molecule is CCOC(=O)Cc1csc(NC(=O)N(CC2CCCC2)c2ccc(S(C)(=O)=O)cc2)n1. The van der Waals surface area contributed by atoms with Crippen LogP contribution in [-0.4, -0.2) is 44.8 Å². The fourth-order valence-corrected chi connectivity index (χ4v) is 4.92. The lowest BCUT2D eigenvalue weighted by Gasteiger charge is -2.26. The van der Waals surface area contributed by atoms with E-state index in [1.807, 2.05) is 0 Å². The molecule has 2 amide bonds. The van der Waals surface area contributed by atoms with Crippen LogP contribution in [0.4, 0.5) is 15.6 Å². The molecule has 1 heterocycles. The highest BCUT2D eigenvalue weighted by Crippen LogP contribution is 2.29. The Hall–Kier alpha value is -2.46. The van der Waals surface area contributed by atoms with Gasteiger partial charge in [-0.15, -0.1) is 11.3 Å². The summed E-state index contributed by atoms with van der Waals surface area (Å²) in [7, 11) is -3.31. The number of carbonyl (C=O) groups excluding carboxylic acids is 2. The van der Waals surface area contributed by atoms with Gasteiger partial charge in [-0.3, -0.25) is 15.0 Å². The van der Waals surface area contributed by atoms with Gasteiger partial charge in [0.25, 0.3) is 0 Å². The average Bonchev–Trinajstić information content (AvgIpc) is 3.38. The van der Waals surface area contributed by atoms with Gasteiger partial charge in [-0.25, -0.2) is 18.2 Å². The first-order chi connectivity index (χ1) is 14.8. The number of nitrogens with zero attached hydrogens (tertiary/aromatic N) is 2. The number of amides is 2. The second-order valence-corrected chi connectivity index (χ2v) is 10.5. The maximum Gasteiger partial charge on any atom is 0.328 e. The number of sulfone groups is 1. The molecule has 0 radical (unpaired) electrons. The number of aromatic nitrogens is 1. The molecule has 10 heteroatoms. The summed E-state index contributed by atoms with van der Waals surface area (Å²) in [5, 5.41) is 4.92. The van der Waals surface area contributed by atoms with Crippen LogP contribution in [0.2, 0.25) is 0 Å². The number of hydrogen-bond donors (Lipinski definition) is 1. The van der Waals surface area contributed by atoms with Crippen molar-refractivity contribution in [2.45, 2.75) is 43.9 Å². The van der Waals surface area contributed by atoms with Crippen molar-refractivity contribution in [3.8, 4) is 0 Å². The third-order valence-corrected chi connectivity index (χ3v) is 7.07. The lowest BCUT2D eigenvalue weighted by molar-refractivity contribution is -0.142. The largest absolute Gasteiger partial charge is 0.466 e. The Morgan fingerprint density at radius 1 is 1.23 bits per heavy atom. The molecular weight excluding hydrogens is 438 g/mol. The molecule has 0 atom stereocenters. The van der Waals surface area contributed by atoms with Crippen molar-refractivity contribution in [2.24, 2.45) is 5.92 Å². The number of benzene rings is 1. The van der Waals surface area contributed by atoms with Gasteiger partial charge in [0.2, 0.25) is 0 Å². The summed E-state index contributed by atoms with van der Waals surface area (Å²) in [6, 6.07) is 6.00. The molecule has 1 aromatic carbocycles. The van der Waals surface area contributed by atoms with Gasteiger partial charge < -0.3 is 4.74 Å². The molecular formula is C21H27N3O5S2. The van der Waals surface area contributed by atoms with Gasteiger partial charge in [0, 0.05) is 23.9 Å². The standard InChI is InChI=1S/C21H27N3O5S2/c1-3-29-19(25)12-16-14-30-20(22-16)23-21(26)24(13-15-6-4-5-7-15)17-8-10-18(11-9-17)31(2,27)28/h8-11,14-15H,3-7,12-13H2,1-2H3,(H,22,23,26). The van der Waals surface area contributed by atoms with E-state index in [-0.39, 0.29) is 23.3 Å². The van der Waals surface area contributed by atoms with Crippen LogP contribution in [0.1, 0.15) is 38.3 Å². The number of anilines is 2. The van der Waals surface area contributed by atoms with Crippen LogP contribution in [0.3, 0.4) is 0 Å². The van der Waals surface area contributed by atoms with Crippen molar-refractivity contribution in [2.75, 3.05) is 29.6 Å².